The van der Waals surface area contributed by atoms with E-state index in [-0.39, 0.29) is 25.7 Å². The molecule has 5 atom stereocenters. The number of unbranched alkanes of at least 4 members (excludes halogenated alkanes) is 54. The van der Waals surface area contributed by atoms with Gasteiger partial charge in [-0.15, -0.1) is 0 Å². The topological polar surface area (TPSA) is 237 Å². The monoisotopic (exact) mass is 1440 g/mol. The smallest absolute Gasteiger partial charge is 0.462 e. The van der Waals surface area contributed by atoms with Gasteiger partial charge in [0, 0.05) is 25.7 Å². The summed E-state index contributed by atoms with van der Waals surface area (Å²) in [5, 5.41) is 10.6. The first-order valence-corrected chi connectivity index (χ1v) is 44.3. The highest BCUT2D eigenvalue weighted by Gasteiger charge is 2.30. The molecule has 17 nitrogen and oxygen atoms in total. The van der Waals surface area contributed by atoms with E-state index in [9.17, 15) is 43.2 Å². The van der Waals surface area contributed by atoms with Gasteiger partial charge in [0.25, 0.3) is 0 Å². The molecule has 3 N–H and O–H groups in total. The van der Waals surface area contributed by atoms with E-state index in [4.69, 9.17) is 37.0 Å². The van der Waals surface area contributed by atoms with E-state index < -0.39 is 97.5 Å². The van der Waals surface area contributed by atoms with Gasteiger partial charge in [-0.3, -0.25) is 37.3 Å². The van der Waals surface area contributed by atoms with Gasteiger partial charge in [-0.05, 0) is 25.7 Å². The fourth-order valence-electron chi connectivity index (χ4n) is 12.3. The Morgan fingerprint density at radius 2 is 0.408 bits per heavy atom. The fraction of sp³-hybridized carbons (Fsp3) is 0.949. The van der Waals surface area contributed by atoms with Crippen LogP contribution in [0.5, 0.6) is 0 Å². The van der Waals surface area contributed by atoms with Crippen molar-refractivity contribution in [2.45, 2.75) is 444 Å². The Bertz CT molecular complexity index is 1860. The summed E-state index contributed by atoms with van der Waals surface area (Å²) in [5.41, 5.74) is 0. The van der Waals surface area contributed by atoms with Crippen molar-refractivity contribution in [1.82, 2.24) is 0 Å². The molecule has 0 heterocycles. The number of rotatable bonds is 80. The zero-order valence-electron chi connectivity index (χ0n) is 63.8. The van der Waals surface area contributed by atoms with E-state index in [1.165, 1.54) is 257 Å². The second kappa shape index (κ2) is 73.4. The van der Waals surface area contributed by atoms with Gasteiger partial charge >= 0.3 is 39.5 Å². The Balaban J connectivity index is 5.17. The van der Waals surface area contributed by atoms with Crippen LogP contribution in [0.2, 0.25) is 0 Å². The van der Waals surface area contributed by atoms with Crippen molar-refractivity contribution in [3.63, 3.8) is 0 Å². The molecule has 0 saturated heterocycles. The molecule has 0 aliphatic heterocycles. The first-order chi connectivity index (χ1) is 47.7. The van der Waals surface area contributed by atoms with E-state index in [1.54, 1.807) is 0 Å². The van der Waals surface area contributed by atoms with Crippen LogP contribution in [-0.2, 0) is 65.4 Å². The van der Waals surface area contributed by atoms with Crippen LogP contribution >= 0.6 is 15.6 Å². The molecule has 0 amide bonds. The number of ether oxygens (including phenoxy) is 4. The minimum atomic E-state index is -4.96. The van der Waals surface area contributed by atoms with Crippen molar-refractivity contribution in [2.75, 3.05) is 39.6 Å². The average molecular weight is 1440 g/mol. The van der Waals surface area contributed by atoms with Crippen molar-refractivity contribution in [3.8, 4) is 0 Å². The SMILES string of the molecule is CCCCCCCCCCCCCCCCCCCCCCCCC(=O)O[C@H](COC(=O)CCCCCCCCCCCCCCCCCC)COP(=O)(O)OC[C@@H](O)COP(=O)(O)OC[C@@H](COC(=O)CCCCCCCCCCC)OC(=O)CCCCCCCCCCCCC. The summed E-state index contributed by atoms with van der Waals surface area (Å²) in [7, 11) is -9.91. The molecule has 0 saturated carbocycles. The minimum absolute atomic E-state index is 0.108. The van der Waals surface area contributed by atoms with Crippen LogP contribution < -0.4 is 0 Å². The lowest BCUT2D eigenvalue weighted by Gasteiger charge is -2.21. The van der Waals surface area contributed by atoms with Crippen LogP contribution in [0.1, 0.15) is 426 Å². The molecule has 0 aromatic carbocycles. The third kappa shape index (κ3) is 72.4. The molecule has 0 fully saturated rings. The van der Waals surface area contributed by atoms with Crippen LogP contribution in [0.4, 0.5) is 0 Å². The van der Waals surface area contributed by atoms with Gasteiger partial charge in [-0.25, -0.2) is 9.13 Å². The first kappa shape index (κ1) is 96.1. The molecule has 0 spiro atoms. The van der Waals surface area contributed by atoms with Crippen molar-refractivity contribution >= 4 is 39.5 Å². The standard InChI is InChI=1S/C79H154O17P2/c1-5-9-13-17-21-25-28-30-32-34-35-36-37-38-39-41-43-46-50-54-58-62-66-79(84)96-75(70-90-77(82)64-60-56-52-48-45-42-40-33-31-29-26-22-18-14-10-6-2)72-94-98(87,88)92-68-73(80)67-91-97(85,86)93-71-74(69-89-76(81)63-59-55-51-47-24-20-16-12-8-4)95-78(83)65-61-57-53-49-44-27-23-19-15-11-7-3/h73-75,80H,5-72H2,1-4H3,(H,85,86)(H,87,88)/t73-,74+,75+/m0/s1. The maximum atomic E-state index is 13.1. The minimum Gasteiger partial charge on any atom is -0.462 e. The third-order valence-corrected chi connectivity index (χ3v) is 20.5. The fourth-order valence-corrected chi connectivity index (χ4v) is 13.9. The molecule has 0 rings (SSSR count). The molecule has 0 aliphatic carbocycles. The summed E-state index contributed by atoms with van der Waals surface area (Å²) in [6.07, 6.45) is 65.3. The van der Waals surface area contributed by atoms with Crippen molar-refractivity contribution in [3.05, 3.63) is 0 Å². The van der Waals surface area contributed by atoms with E-state index in [1.807, 2.05) is 0 Å². The van der Waals surface area contributed by atoms with E-state index in [2.05, 4.69) is 27.7 Å². The summed E-state index contributed by atoms with van der Waals surface area (Å²) in [4.78, 5) is 72.8. The summed E-state index contributed by atoms with van der Waals surface area (Å²) < 4.78 is 68.6. The maximum absolute atomic E-state index is 13.1. The van der Waals surface area contributed by atoms with Gasteiger partial charge in [0.1, 0.15) is 19.3 Å². The van der Waals surface area contributed by atoms with Gasteiger partial charge in [0.15, 0.2) is 12.2 Å². The van der Waals surface area contributed by atoms with Gasteiger partial charge in [-0.2, -0.15) is 0 Å². The molecule has 582 valence electrons. The average Bonchev–Trinajstić information content (AvgIpc) is 0.947. The van der Waals surface area contributed by atoms with Gasteiger partial charge in [-0.1, -0.05) is 374 Å². The molecule has 98 heavy (non-hydrogen) atoms. The number of phosphoric ester groups is 2. The molecule has 0 aliphatic rings. The Morgan fingerprint density at radius 1 is 0.245 bits per heavy atom. The zero-order valence-corrected chi connectivity index (χ0v) is 65.6. The number of aliphatic hydroxyl groups is 1. The van der Waals surface area contributed by atoms with Crippen molar-refractivity contribution in [1.29, 1.82) is 0 Å². The second-order valence-electron chi connectivity index (χ2n) is 28.5. The Kier molecular flexibility index (Phi) is 71.9. The van der Waals surface area contributed by atoms with E-state index in [0.717, 1.165) is 89.9 Å². The van der Waals surface area contributed by atoms with Crippen LogP contribution in [0.25, 0.3) is 0 Å². The molecule has 0 aromatic rings. The van der Waals surface area contributed by atoms with Crippen LogP contribution in [0, 0.1) is 0 Å². The summed E-state index contributed by atoms with van der Waals surface area (Å²) in [6.45, 7) is 4.99. The highest BCUT2D eigenvalue weighted by atomic mass is 31.2. The summed E-state index contributed by atoms with van der Waals surface area (Å²) >= 11 is 0. The molecule has 0 bridgehead atoms. The second-order valence-corrected chi connectivity index (χ2v) is 31.4. The third-order valence-electron chi connectivity index (χ3n) is 18.6. The van der Waals surface area contributed by atoms with Gasteiger partial charge < -0.3 is 33.8 Å². The Morgan fingerprint density at radius 3 is 0.602 bits per heavy atom. The lowest BCUT2D eigenvalue weighted by molar-refractivity contribution is -0.161. The number of esters is 4. The van der Waals surface area contributed by atoms with Gasteiger partial charge in [0.05, 0.1) is 26.4 Å². The quantitative estimate of drug-likeness (QED) is 0.0222. The number of aliphatic hydroxyl groups excluding tert-OH is 1. The van der Waals surface area contributed by atoms with E-state index >= 15 is 0 Å². The first-order valence-electron chi connectivity index (χ1n) is 41.3. The summed E-state index contributed by atoms with van der Waals surface area (Å²) in [5.74, 6) is -2.11. The molecule has 2 unspecified atom stereocenters. The lowest BCUT2D eigenvalue weighted by Crippen LogP contribution is -2.30. The zero-order chi connectivity index (χ0) is 71.8. The highest BCUT2D eigenvalue weighted by molar-refractivity contribution is 7.47. The lowest BCUT2D eigenvalue weighted by atomic mass is 10.0. The highest BCUT2D eigenvalue weighted by Crippen LogP contribution is 2.45. The van der Waals surface area contributed by atoms with Crippen LogP contribution in [-0.4, -0.2) is 96.7 Å². The van der Waals surface area contributed by atoms with Gasteiger partial charge in [0.2, 0.25) is 0 Å². The summed E-state index contributed by atoms with van der Waals surface area (Å²) in [6, 6.07) is 0. The predicted octanol–water partition coefficient (Wildman–Crippen LogP) is 23.8. The molecule has 0 aromatic heterocycles. The molecular formula is C79H154O17P2. The Hall–Kier alpha value is -1.94. The maximum Gasteiger partial charge on any atom is 0.472 e. The van der Waals surface area contributed by atoms with E-state index in [0.29, 0.717) is 25.7 Å². The van der Waals surface area contributed by atoms with Crippen molar-refractivity contribution < 1.29 is 80.2 Å². The molecular weight excluding hydrogens is 1280 g/mol. The van der Waals surface area contributed by atoms with Crippen LogP contribution in [0.15, 0.2) is 0 Å². The van der Waals surface area contributed by atoms with Crippen LogP contribution in [0.3, 0.4) is 0 Å². The largest absolute Gasteiger partial charge is 0.472 e. The number of phosphoric acid groups is 2. The number of hydrogen-bond donors (Lipinski definition) is 3. The normalized spacial score (nSPS) is 13.8. The molecule has 0 radical (unpaired) electrons. The number of carbonyl (C=O) groups is 4. The Labute approximate surface area is 600 Å². The number of carbonyl (C=O) groups excluding carboxylic acids is 4. The predicted molar refractivity (Wildman–Crippen MR) is 400 cm³/mol. The number of hydrogen-bond acceptors (Lipinski definition) is 15. The molecule has 19 heteroatoms. The van der Waals surface area contributed by atoms with Crippen molar-refractivity contribution in [2.24, 2.45) is 0 Å².